The molecule has 2 saturated heterocycles. The summed E-state index contributed by atoms with van der Waals surface area (Å²) in [5.41, 5.74) is -1.47. The lowest BCUT2D eigenvalue weighted by molar-refractivity contribution is -0.144. The molecule has 0 aromatic heterocycles. The number of rotatable bonds is 13. The number of Topliss-reactive ketones (excluding diaryl/α,β-unsaturated/α-hetero) is 1. The van der Waals surface area contributed by atoms with E-state index in [1.54, 1.807) is 20.8 Å². The molecule has 5 amide bonds. The van der Waals surface area contributed by atoms with Crippen LogP contribution in [0.2, 0.25) is 0 Å². The molecule has 0 bridgehead atoms. The summed E-state index contributed by atoms with van der Waals surface area (Å²) in [4.78, 5) is 70.6. The summed E-state index contributed by atoms with van der Waals surface area (Å²) in [5, 5.41) is 11.6. The van der Waals surface area contributed by atoms with Crippen molar-refractivity contribution in [2.75, 3.05) is 12.3 Å². The van der Waals surface area contributed by atoms with Gasteiger partial charge in [0.1, 0.15) is 12.1 Å². The van der Waals surface area contributed by atoms with Gasteiger partial charge in [0.15, 0.2) is 9.84 Å². The molecule has 5 atom stereocenters. The molecule has 5 aliphatic rings. The smallest absolute Gasteiger partial charge is 0.315 e. The minimum absolute atomic E-state index is 0.00620. The van der Waals surface area contributed by atoms with Crippen molar-refractivity contribution in [3.05, 3.63) is 0 Å². The minimum atomic E-state index is -3.57. The van der Waals surface area contributed by atoms with E-state index >= 15 is 0 Å². The first-order valence-corrected chi connectivity index (χ1v) is 21.4. The molecule has 52 heavy (non-hydrogen) atoms. The van der Waals surface area contributed by atoms with Crippen LogP contribution in [-0.2, 0) is 33.8 Å². The first kappa shape index (κ1) is 40.4. The van der Waals surface area contributed by atoms with E-state index in [1.165, 1.54) is 4.90 Å². The number of hydrogen-bond donors (Lipinski definition) is 4. The summed E-state index contributed by atoms with van der Waals surface area (Å²) in [7, 11) is -3.57. The van der Waals surface area contributed by atoms with Crippen LogP contribution >= 0.6 is 0 Å². The average molecular weight is 750 g/mol. The van der Waals surface area contributed by atoms with E-state index in [0.29, 0.717) is 25.7 Å². The zero-order valence-electron chi connectivity index (χ0n) is 32.2. The second-order valence-electron chi connectivity index (χ2n) is 17.9. The molecule has 0 radical (unpaired) electrons. The van der Waals surface area contributed by atoms with E-state index in [9.17, 15) is 32.4 Å². The molecule has 4 N–H and O–H groups in total. The summed E-state index contributed by atoms with van der Waals surface area (Å²) < 4.78 is 32.2. The van der Waals surface area contributed by atoms with Gasteiger partial charge in [-0.1, -0.05) is 51.9 Å². The normalized spacial score (nSPS) is 27.2. The Hall–Kier alpha value is -2.74. The molecule has 3 saturated carbocycles. The number of fused-ring (bicyclic) bond motifs is 1. The van der Waals surface area contributed by atoms with E-state index in [4.69, 9.17) is 4.74 Å². The van der Waals surface area contributed by atoms with Crippen molar-refractivity contribution in [1.29, 1.82) is 0 Å². The molecule has 294 valence electrons. The SMILES string of the molecule is CCCC(NC(=O)[C@@H]1[C@H]2CC(C)(C)O[C@H]2CN1C(=O)[C@@H](NC(=O)NC1(CS(=O)(=O)C(C)(C)C)CCCCC1)C1CCCCC1)C(=O)C(=O)NC1CC1. The summed E-state index contributed by atoms with van der Waals surface area (Å²) in [6.07, 6.45) is 10.5. The van der Waals surface area contributed by atoms with Gasteiger partial charge in [0.2, 0.25) is 17.6 Å². The van der Waals surface area contributed by atoms with E-state index in [2.05, 4.69) is 21.3 Å². The molecule has 3 aliphatic carbocycles. The summed E-state index contributed by atoms with van der Waals surface area (Å²) in [6.45, 7) is 10.9. The Morgan fingerprint density at radius 1 is 0.904 bits per heavy atom. The Labute approximate surface area is 310 Å². The van der Waals surface area contributed by atoms with Crippen LogP contribution in [0, 0.1) is 11.8 Å². The number of amides is 5. The summed E-state index contributed by atoms with van der Waals surface area (Å²) in [6, 6.07) is -3.52. The quantitative estimate of drug-likeness (QED) is 0.206. The number of ketones is 1. The Kier molecular flexibility index (Phi) is 12.4. The van der Waals surface area contributed by atoms with Crippen LogP contribution in [0.25, 0.3) is 0 Å². The van der Waals surface area contributed by atoms with Gasteiger partial charge in [-0.15, -0.1) is 0 Å². The number of ether oxygens (including phenoxy) is 1. The number of hydrogen-bond acceptors (Lipinski definition) is 8. The minimum Gasteiger partial charge on any atom is -0.370 e. The Morgan fingerprint density at radius 3 is 2.13 bits per heavy atom. The molecular weight excluding hydrogens is 687 g/mol. The first-order chi connectivity index (χ1) is 24.4. The van der Waals surface area contributed by atoms with Crippen molar-refractivity contribution in [3.63, 3.8) is 0 Å². The van der Waals surface area contributed by atoms with Crippen LogP contribution in [0.5, 0.6) is 0 Å². The molecule has 14 heteroatoms. The van der Waals surface area contributed by atoms with Gasteiger partial charge in [0.05, 0.1) is 33.8 Å². The fourth-order valence-corrected chi connectivity index (χ4v) is 10.4. The molecule has 1 unspecified atom stereocenters. The van der Waals surface area contributed by atoms with Crippen molar-refractivity contribution in [1.82, 2.24) is 26.2 Å². The van der Waals surface area contributed by atoms with Crippen LogP contribution in [0.15, 0.2) is 0 Å². The molecule has 13 nitrogen and oxygen atoms in total. The van der Waals surface area contributed by atoms with Crippen LogP contribution < -0.4 is 21.3 Å². The van der Waals surface area contributed by atoms with Crippen LogP contribution in [0.4, 0.5) is 4.79 Å². The third-order valence-electron chi connectivity index (χ3n) is 12.0. The zero-order valence-corrected chi connectivity index (χ0v) is 33.0. The maximum atomic E-state index is 14.8. The maximum absolute atomic E-state index is 14.8. The molecule has 0 aromatic rings. The van der Waals surface area contributed by atoms with Gasteiger partial charge in [-0.05, 0) is 91.9 Å². The highest BCUT2D eigenvalue weighted by atomic mass is 32.2. The van der Waals surface area contributed by atoms with Crippen molar-refractivity contribution < 1.29 is 37.1 Å². The predicted molar refractivity (Wildman–Crippen MR) is 197 cm³/mol. The van der Waals surface area contributed by atoms with E-state index < -0.39 is 73.6 Å². The van der Waals surface area contributed by atoms with Gasteiger partial charge in [-0.25, -0.2) is 13.2 Å². The number of nitrogens with one attached hydrogen (secondary N) is 4. The van der Waals surface area contributed by atoms with Crippen molar-refractivity contribution in [2.45, 2.75) is 184 Å². The van der Waals surface area contributed by atoms with E-state index in [-0.39, 0.29) is 42.5 Å². The number of carbonyl (C=O) groups is 5. The van der Waals surface area contributed by atoms with E-state index in [1.807, 2.05) is 20.8 Å². The largest absolute Gasteiger partial charge is 0.370 e. The summed E-state index contributed by atoms with van der Waals surface area (Å²) in [5.74, 6) is -2.99. The lowest BCUT2D eigenvalue weighted by Crippen LogP contribution is -2.63. The van der Waals surface area contributed by atoms with Crippen molar-refractivity contribution in [3.8, 4) is 0 Å². The number of nitrogens with zero attached hydrogens (tertiary/aromatic N) is 1. The molecule has 0 aromatic carbocycles. The van der Waals surface area contributed by atoms with Crippen LogP contribution in [0.3, 0.4) is 0 Å². The van der Waals surface area contributed by atoms with Gasteiger partial charge in [0, 0.05) is 18.5 Å². The Balaban J connectivity index is 1.39. The Morgan fingerprint density at radius 2 is 1.54 bits per heavy atom. The van der Waals surface area contributed by atoms with Crippen molar-refractivity contribution in [2.24, 2.45) is 11.8 Å². The second-order valence-corrected chi connectivity index (χ2v) is 20.6. The van der Waals surface area contributed by atoms with E-state index in [0.717, 1.165) is 64.2 Å². The van der Waals surface area contributed by atoms with Gasteiger partial charge in [0.25, 0.3) is 5.91 Å². The number of likely N-dealkylation sites (tertiary alicyclic amines) is 1. The highest BCUT2D eigenvalue weighted by Gasteiger charge is 2.57. The third kappa shape index (κ3) is 9.49. The maximum Gasteiger partial charge on any atom is 0.315 e. The van der Waals surface area contributed by atoms with Gasteiger partial charge >= 0.3 is 6.03 Å². The van der Waals surface area contributed by atoms with Gasteiger partial charge in [-0.2, -0.15) is 0 Å². The number of urea groups is 1. The van der Waals surface area contributed by atoms with Crippen LogP contribution in [0.1, 0.15) is 138 Å². The zero-order chi connectivity index (χ0) is 38.1. The molecule has 2 aliphatic heterocycles. The second kappa shape index (κ2) is 15.9. The Bertz CT molecular complexity index is 1460. The highest BCUT2D eigenvalue weighted by Crippen LogP contribution is 2.44. The lowest BCUT2D eigenvalue weighted by atomic mass is 9.82. The van der Waals surface area contributed by atoms with Crippen molar-refractivity contribution >= 4 is 39.4 Å². The summed E-state index contributed by atoms with van der Waals surface area (Å²) >= 11 is 0. The average Bonchev–Trinajstić information content (AvgIpc) is 3.74. The molecule has 5 rings (SSSR count). The van der Waals surface area contributed by atoms with Gasteiger partial charge < -0.3 is 30.9 Å². The molecule has 0 spiro atoms. The van der Waals surface area contributed by atoms with Gasteiger partial charge in [-0.3, -0.25) is 19.2 Å². The topological polar surface area (TPSA) is 180 Å². The fourth-order valence-electron chi connectivity index (χ4n) is 8.85. The monoisotopic (exact) mass is 749 g/mol. The number of sulfone groups is 1. The molecular formula is C38H63N5O8S. The predicted octanol–water partition coefficient (Wildman–Crippen LogP) is 3.68. The molecule has 2 heterocycles. The standard InChI is InChI=1S/C38H63N5O8S/c1-7-14-27(31(44)33(46)39-25-17-18-25)40-32(45)30-26-21-37(5,6)51-28(26)22-43(30)34(47)29(24-15-10-8-11-16-24)41-35(48)42-38(19-12-9-13-20-38)23-52(49,50)36(2,3)4/h24-30H,7-23H2,1-6H3,(H,39,46)(H,40,45)(H2,41,42,48)/t26-,27?,28-,29-,30-/m0/s1. The third-order valence-corrected chi connectivity index (χ3v) is 14.8. The van der Waals surface area contributed by atoms with Crippen LogP contribution in [-0.4, -0.2) is 101 Å². The highest BCUT2D eigenvalue weighted by molar-refractivity contribution is 7.92. The lowest BCUT2D eigenvalue weighted by Gasteiger charge is -2.41. The number of carbonyl (C=O) groups excluding carboxylic acids is 5. The fraction of sp³-hybridized carbons (Fsp3) is 0.868. The molecule has 5 fully saturated rings. The first-order valence-electron chi connectivity index (χ1n) is 19.8.